The van der Waals surface area contributed by atoms with Gasteiger partial charge in [-0.1, -0.05) is 0 Å². The van der Waals surface area contributed by atoms with E-state index in [4.69, 9.17) is 10.5 Å². The third-order valence-corrected chi connectivity index (χ3v) is 4.45. The van der Waals surface area contributed by atoms with Crippen LogP contribution in [-0.4, -0.2) is 34.7 Å². The lowest BCUT2D eigenvalue weighted by atomic mass is 9.98. The molecule has 0 bridgehead atoms. The number of hydrogen-bond acceptors (Lipinski definition) is 5. The van der Waals surface area contributed by atoms with Gasteiger partial charge in [0.15, 0.2) is 0 Å². The van der Waals surface area contributed by atoms with Crippen molar-refractivity contribution in [2.45, 2.75) is 51.7 Å². The summed E-state index contributed by atoms with van der Waals surface area (Å²) in [6.45, 7) is 7.69. The Balaban J connectivity index is 1.87. The Morgan fingerprint density at radius 2 is 2.15 bits per heavy atom. The van der Waals surface area contributed by atoms with Crippen LogP contribution >= 0.6 is 11.3 Å². The number of nitrogens with two attached hydrogens (primary N) is 1. The van der Waals surface area contributed by atoms with E-state index in [0.717, 1.165) is 35.8 Å². The molecule has 2 heterocycles. The molecule has 0 unspecified atom stereocenters. The van der Waals surface area contributed by atoms with Gasteiger partial charge in [-0.05, 0) is 33.6 Å². The summed E-state index contributed by atoms with van der Waals surface area (Å²) in [6.07, 6.45) is 3.53. The molecule has 0 aromatic carbocycles. The van der Waals surface area contributed by atoms with Crippen LogP contribution in [0.3, 0.4) is 0 Å². The molecule has 0 atom stereocenters. The maximum absolute atomic E-state index is 12.0. The number of aromatic nitrogens is 1. The zero-order chi connectivity index (χ0) is 14.8. The fourth-order valence-corrected chi connectivity index (χ4v) is 3.21. The Bertz CT molecular complexity index is 459. The van der Waals surface area contributed by atoms with Crippen LogP contribution in [0.4, 0.5) is 4.79 Å². The summed E-state index contributed by atoms with van der Waals surface area (Å²) in [5.41, 5.74) is 5.18. The highest BCUT2D eigenvalue weighted by atomic mass is 32.1. The van der Waals surface area contributed by atoms with Crippen molar-refractivity contribution in [3.63, 3.8) is 0 Å². The van der Waals surface area contributed by atoms with Crippen molar-refractivity contribution in [1.29, 1.82) is 0 Å². The highest BCUT2D eigenvalue weighted by Crippen LogP contribution is 2.31. The van der Waals surface area contributed by atoms with Crippen molar-refractivity contribution in [1.82, 2.24) is 9.88 Å². The molecule has 1 aliphatic heterocycles. The summed E-state index contributed by atoms with van der Waals surface area (Å²) in [6, 6.07) is 0. The van der Waals surface area contributed by atoms with E-state index in [1.54, 1.807) is 16.2 Å². The first-order chi connectivity index (χ1) is 9.39. The Kier molecular flexibility index (Phi) is 4.65. The number of thiazole rings is 1. The topological polar surface area (TPSA) is 68.5 Å². The minimum absolute atomic E-state index is 0.210. The van der Waals surface area contributed by atoms with Crippen LogP contribution < -0.4 is 5.73 Å². The molecule has 2 rings (SSSR count). The van der Waals surface area contributed by atoms with Gasteiger partial charge in [-0.25, -0.2) is 9.78 Å². The Labute approximate surface area is 124 Å². The van der Waals surface area contributed by atoms with E-state index in [1.165, 1.54) is 0 Å². The summed E-state index contributed by atoms with van der Waals surface area (Å²) in [5.74, 6) is 0.444. The molecule has 112 valence electrons. The van der Waals surface area contributed by atoms with Crippen LogP contribution in [0.5, 0.6) is 0 Å². The molecule has 20 heavy (non-hydrogen) atoms. The lowest BCUT2D eigenvalue weighted by molar-refractivity contribution is 0.0205. The van der Waals surface area contributed by atoms with Crippen LogP contribution in [0.15, 0.2) is 6.20 Å². The number of likely N-dealkylation sites (tertiary alicyclic amines) is 1. The Morgan fingerprint density at radius 3 is 2.65 bits per heavy atom. The number of piperidine rings is 1. The van der Waals surface area contributed by atoms with Crippen molar-refractivity contribution < 1.29 is 9.53 Å². The van der Waals surface area contributed by atoms with Crippen LogP contribution in [0.2, 0.25) is 0 Å². The summed E-state index contributed by atoms with van der Waals surface area (Å²) in [4.78, 5) is 19.3. The fourth-order valence-electron chi connectivity index (χ4n) is 2.24. The van der Waals surface area contributed by atoms with Crippen molar-refractivity contribution in [2.75, 3.05) is 13.1 Å². The second-order valence-electron chi connectivity index (χ2n) is 6.11. The average molecular weight is 297 g/mol. The van der Waals surface area contributed by atoms with Crippen molar-refractivity contribution >= 4 is 17.4 Å². The lowest BCUT2D eigenvalue weighted by Gasteiger charge is -2.32. The van der Waals surface area contributed by atoms with E-state index in [2.05, 4.69) is 4.98 Å². The molecule has 1 amide bonds. The van der Waals surface area contributed by atoms with Gasteiger partial charge in [-0.2, -0.15) is 0 Å². The van der Waals surface area contributed by atoms with Gasteiger partial charge in [0, 0.05) is 36.6 Å². The molecule has 1 saturated heterocycles. The monoisotopic (exact) mass is 297 g/mol. The first-order valence-corrected chi connectivity index (χ1v) is 7.83. The molecule has 1 fully saturated rings. The molecule has 1 aromatic heterocycles. The quantitative estimate of drug-likeness (QED) is 0.911. The van der Waals surface area contributed by atoms with Gasteiger partial charge in [0.2, 0.25) is 0 Å². The van der Waals surface area contributed by atoms with Gasteiger partial charge >= 0.3 is 6.09 Å². The number of carbonyl (C=O) groups excluding carboxylic acids is 1. The zero-order valence-corrected chi connectivity index (χ0v) is 13.2. The molecule has 0 spiro atoms. The van der Waals surface area contributed by atoms with E-state index in [9.17, 15) is 4.79 Å². The average Bonchev–Trinajstić information content (AvgIpc) is 2.85. The SMILES string of the molecule is CC(C)(C)OC(=O)N1CCC(c2ncc(CN)s2)CC1. The fraction of sp³-hybridized carbons (Fsp3) is 0.714. The first kappa shape index (κ1) is 15.3. The lowest BCUT2D eigenvalue weighted by Crippen LogP contribution is -2.41. The van der Waals surface area contributed by atoms with Crippen LogP contribution in [0.1, 0.15) is 49.4 Å². The van der Waals surface area contributed by atoms with Crippen molar-refractivity contribution in [2.24, 2.45) is 5.73 Å². The van der Waals surface area contributed by atoms with Crippen LogP contribution in [0, 0.1) is 0 Å². The minimum atomic E-state index is -0.431. The standard InChI is InChI=1S/C14H23N3O2S/c1-14(2,3)19-13(18)17-6-4-10(5-7-17)12-16-9-11(8-15)20-12/h9-10H,4-8,15H2,1-3H3. The molecular formula is C14H23N3O2S. The second-order valence-corrected chi connectivity index (χ2v) is 7.26. The maximum atomic E-state index is 12.0. The molecule has 1 aliphatic rings. The summed E-state index contributed by atoms with van der Waals surface area (Å²) >= 11 is 1.69. The number of rotatable bonds is 2. The molecule has 6 heteroatoms. The van der Waals surface area contributed by atoms with E-state index in [0.29, 0.717) is 12.5 Å². The van der Waals surface area contributed by atoms with Gasteiger partial charge in [-0.3, -0.25) is 0 Å². The Hall–Kier alpha value is -1.14. The molecule has 5 nitrogen and oxygen atoms in total. The third-order valence-electron chi connectivity index (χ3n) is 3.27. The molecule has 0 radical (unpaired) electrons. The van der Waals surface area contributed by atoms with Gasteiger partial charge < -0.3 is 15.4 Å². The minimum Gasteiger partial charge on any atom is -0.444 e. The van der Waals surface area contributed by atoms with Gasteiger partial charge in [0.1, 0.15) is 5.60 Å². The summed E-state index contributed by atoms with van der Waals surface area (Å²) in [7, 11) is 0. The number of ether oxygens (including phenoxy) is 1. The van der Waals surface area contributed by atoms with E-state index in [1.807, 2.05) is 27.0 Å². The van der Waals surface area contributed by atoms with Crippen LogP contribution in [-0.2, 0) is 11.3 Å². The summed E-state index contributed by atoms with van der Waals surface area (Å²) in [5, 5.41) is 1.15. The molecule has 0 saturated carbocycles. The molecular weight excluding hydrogens is 274 g/mol. The number of hydrogen-bond donors (Lipinski definition) is 1. The maximum Gasteiger partial charge on any atom is 0.410 e. The first-order valence-electron chi connectivity index (χ1n) is 7.01. The number of carbonyl (C=O) groups is 1. The number of nitrogens with zero attached hydrogens (tertiary/aromatic N) is 2. The van der Waals surface area contributed by atoms with Crippen molar-refractivity contribution in [3.05, 3.63) is 16.1 Å². The molecule has 2 N–H and O–H groups in total. The van der Waals surface area contributed by atoms with E-state index < -0.39 is 5.60 Å². The van der Waals surface area contributed by atoms with E-state index >= 15 is 0 Å². The zero-order valence-electron chi connectivity index (χ0n) is 12.4. The largest absolute Gasteiger partial charge is 0.444 e. The number of amides is 1. The third kappa shape index (κ3) is 3.93. The van der Waals surface area contributed by atoms with Crippen LogP contribution in [0.25, 0.3) is 0 Å². The van der Waals surface area contributed by atoms with Crippen molar-refractivity contribution in [3.8, 4) is 0 Å². The van der Waals surface area contributed by atoms with Gasteiger partial charge in [0.25, 0.3) is 0 Å². The van der Waals surface area contributed by atoms with E-state index in [-0.39, 0.29) is 6.09 Å². The van der Waals surface area contributed by atoms with Gasteiger partial charge in [-0.15, -0.1) is 11.3 Å². The highest BCUT2D eigenvalue weighted by molar-refractivity contribution is 7.11. The molecule has 1 aromatic rings. The highest BCUT2D eigenvalue weighted by Gasteiger charge is 2.28. The second kappa shape index (κ2) is 6.10. The predicted molar refractivity (Wildman–Crippen MR) is 79.8 cm³/mol. The molecule has 0 aliphatic carbocycles. The Morgan fingerprint density at radius 1 is 1.50 bits per heavy atom. The smallest absolute Gasteiger partial charge is 0.410 e. The van der Waals surface area contributed by atoms with Gasteiger partial charge in [0.05, 0.1) is 5.01 Å². The summed E-state index contributed by atoms with van der Waals surface area (Å²) < 4.78 is 5.40. The predicted octanol–water partition coefficient (Wildman–Crippen LogP) is 2.72. The normalized spacial score (nSPS) is 17.3.